The fourth-order valence-corrected chi connectivity index (χ4v) is 2.20. The van der Waals surface area contributed by atoms with Crippen molar-refractivity contribution in [1.82, 2.24) is 10.2 Å². The second-order valence-corrected chi connectivity index (χ2v) is 4.43. The Kier molecular flexibility index (Phi) is 3.98. The van der Waals surface area contributed by atoms with Crippen LogP contribution >= 0.6 is 0 Å². The van der Waals surface area contributed by atoms with Crippen LogP contribution in [0.3, 0.4) is 0 Å². The minimum atomic E-state index is -0.0225. The molecule has 4 heteroatoms. The summed E-state index contributed by atoms with van der Waals surface area (Å²) in [7, 11) is 2.18. The number of aliphatic hydroxyl groups is 1. The highest BCUT2D eigenvalue weighted by molar-refractivity contribution is 5.06. The molecule has 0 aliphatic carbocycles. The fraction of sp³-hybridized carbons (Fsp3) is 0.667. The van der Waals surface area contributed by atoms with Gasteiger partial charge in [-0.25, -0.2) is 0 Å². The molecule has 1 aliphatic heterocycles. The summed E-state index contributed by atoms with van der Waals surface area (Å²) in [4.78, 5) is 2.40. The highest BCUT2D eigenvalue weighted by Gasteiger charge is 2.19. The molecular weight excluding hydrogens is 204 g/mol. The van der Waals surface area contributed by atoms with Gasteiger partial charge < -0.3 is 19.7 Å². The molecule has 1 aliphatic rings. The van der Waals surface area contributed by atoms with E-state index in [1.165, 1.54) is 19.4 Å². The third-order valence-corrected chi connectivity index (χ3v) is 3.22. The van der Waals surface area contributed by atoms with Gasteiger partial charge in [-0.05, 0) is 38.6 Å². The molecule has 1 aromatic rings. The van der Waals surface area contributed by atoms with E-state index < -0.39 is 0 Å². The lowest BCUT2D eigenvalue weighted by atomic mass is 10.2. The van der Waals surface area contributed by atoms with Crippen LogP contribution in [-0.2, 0) is 13.2 Å². The molecule has 1 fully saturated rings. The number of hydrogen-bond acceptors (Lipinski definition) is 4. The smallest absolute Gasteiger partial charge is 0.129 e. The number of hydrogen-bond donors (Lipinski definition) is 2. The SMILES string of the molecule is CN1CCCC1CNCc1ccc(CO)o1. The zero-order valence-electron chi connectivity index (χ0n) is 9.78. The molecule has 0 spiro atoms. The van der Waals surface area contributed by atoms with Gasteiger partial charge in [0.15, 0.2) is 0 Å². The first-order valence-corrected chi connectivity index (χ1v) is 5.89. The van der Waals surface area contributed by atoms with E-state index in [4.69, 9.17) is 9.52 Å². The van der Waals surface area contributed by atoms with Gasteiger partial charge in [-0.1, -0.05) is 0 Å². The van der Waals surface area contributed by atoms with E-state index >= 15 is 0 Å². The summed E-state index contributed by atoms with van der Waals surface area (Å²) in [6.07, 6.45) is 2.59. The molecule has 0 bridgehead atoms. The average Bonchev–Trinajstić information content (AvgIpc) is 2.89. The Balaban J connectivity index is 1.71. The number of furan rings is 1. The summed E-state index contributed by atoms with van der Waals surface area (Å²) < 4.78 is 5.40. The van der Waals surface area contributed by atoms with Crippen molar-refractivity contribution in [2.24, 2.45) is 0 Å². The number of rotatable bonds is 5. The minimum Gasteiger partial charge on any atom is -0.462 e. The summed E-state index contributed by atoms with van der Waals surface area (Å²) in [5, 5.41) is 12.3. The van der Waals surface area contributed by atoms with Crippen LogP contribution in [0, 0.1) is 0 Å². The van der Waals surface area contributed by atoms with Crippen LogP contribution in [-0.4, -0.2) is 36.2 Å². The third kappa shape index (κ3) is 2.84. The van der Waals surface area contributed by atoms with E-state index in [1.54, 1.807) is 0 Å². The Hall–Kier alpha value is -0.840. The molecule has 1 unspecified atom stereocenters. The first-order valence-electron chi connectivity index (χ1n) is 5.89. The fourth-order valence-electron chi connectivity index (χ4n) is 2.20. The lowest BCUT2D eigenvalue weighted by Crippen LogP contribution is -2.35. The highest BCUT2D eigenvalue weighted by Crippen LogP contribution is 2.14. The second kappa shape index (κ2) is 5.48. The first-order chi connectivity index (χ1) is 7.79. The van der Waals surface area contributed by atoms with E-state index in [1.807, 2.05) is 12.1 Å². The minimum absolute atomic E-state index is 0.0225. The van der Waals surface area contributed by atoms with Crippen molar-refractivity contribution >= 4 is 0 Å². The predicted octanol–water partition coefficient (Wildman–Crippen LogP) is 0.956. The van der Waals surface area contributed by atoms with Gasteiger partial charge in [-0.3, -0.25) is 0 Å². The van der Waals surface area contributed by atoms with Crippen molar-refractivity contribution < 1.29 is 9.52 Å². The first kappa shape index (κ1) is 11.6. The monoisotopic (exact) mass is 224 g/mol. The van der Waals surface area contributed by atoms with E-state index in [2.05, 4.69) is 17.3 Å². The zero-order valence-corrected chi connectivity index (χ0v) is 9.78. The lowest BCUT2D eigenvalue weighted by Gasteiger charge is -2.19. The number of nitrogens with one attached hydrogen (secondary N) is 1. The van der Waals surface area contributed by atoms with Crippen LogP contribution in [0.5, 0.6) is 0 Å². The van der Waals surface area contributed by atoms with Crippen molar-refractivity contribution in [3.8, 4) is 0 Å². The Morgan fingerprint density at radius 3 is 2.94 bits per heavy atom. The topological polar surface area (TPSA) is 48.6 Å². The molecule has 0 aromatic carbocycles. The molecule has 4 nitrogen and oxygen atoms in total. The Labute approximate surface area is 96.2 Å². The molecule has 0 saturated carbocycles. The number of nitrogens with zero attached hydrogens (tertiary/aromatic N) is 1. The van der Waals surface area contributed by atoms with Gasteiger partial charge in [-0.15, -0.1) is 0 Å². The van der Waals surface area contributed by atoms with Crippen molar-refractivity contribution in [3.63, 3.8) is 0 Å². The van der Waals surface area contributed by atoms with E-state index in [9.17, 15) is 0 Å². The van der Waals surface area contributed by atoms with Crippen LogP contribution in [0.15, 0.2) is 16.5 Å². The molecule has 2 heterocycles. The van der Waals surface area contributed by atoms with Crippen LogP contribution < -0.4 is 5.32 Å². The Bertz CT molecular complexity index is 325. The molecular formula is C12H20N2O2. The highest BCUT2D eigenvalue weighted by atomic mass is 16.4. The lowest BCUT2D eigenvalue weighted by molar-refractivity contribution is 0.241. The molecule has 90 valence electrons. The maximum absolute atomic E-state index is 8.86. The third-order valence-electron chi connectivity index (χ3n) is 3.22. The largest absolute Gasteiger partial charge is 0.462 e. The van der Waals surface area contributed by atoms with E-state index in [-0.39, 0.29) is 6.61 Å². The van der Waals surface area contributed by atoms with Crippen LogP contribution in [0.1, 0.15) is 24.4 Å². The Morgan fingerprint density at radius 1 is 1.50 bits per heavy atom. The van der Waals surface area contributed by atoms with Crippen molar-refractivity contribution in [2.75, 3.05) is 20.1 Å². The molecule has 0 radical (unpaired) electrons. The molecule has 0 amide bonds. The molecule has 16 heavy (non-hydrogen) atoms. The normalized spacial score (nSPS) is 21.8. The van der Waals surface area contributed by atoms with Crippen molar-refractivity contribution in [3.05, 3.63) is 23.7 Å². The van der Waals surface area contributed by atoms with E-state index in [0.717, 1.165) is 18.8 Å². The Morgan fingerprint density at radius 2 is 2.31 bits per heavy atom. The average molecular weight is 224 g/mol. The molecule has 1 saturated heterocycles. The molecule has 1 atom stereocenters. The van der Waals surface area contributed by atoms with Crippen LogP contribution in [0.25, 0.3) is 0 Å². The number of likely N-dealkylation sites (N-methyl/N-ethyl adjacent to an activating group) is 1. The zero-order chi connectivity index (χ0) is 11.4. The standard InChI is InChI=1S/C12H20N2O2/c1-14-6-2-3-10(14)7-13-8-11-4-5-12(9-15)16-11/h4-5,10,13,15H,2-3,6-9H2,1H3. The van der Waals surface area contributed by atoms with Gasteiger partial charge in [0.25, 0.3) is 0 Å². The maximum Gasteiger partial charge on any atom is 0.129 e. The quantitative estimate of drug-likeness (QED) is 0.782. The summed E-state index contributed by atoms with van der Waals surface area (Å²) in [6, 6.07) is 4.39. The van der Waals surface area contributed by atoms with E-state index in [0.29, 0.717) is 11.8 Å². The summed E-state index contributed by atoms with van der Waals surface area (Å²) in [5.74, 6) is 1.53. The summed E-state index contributed by atoms with van der Waals surface area (Å²) in [5.41, 5.74) is 0. The van der Waals surface area contributed by atoms with Gasteiger partial charge in [0.1, 0.15) is 18.1 Å². The molecule has 2 rings (SSSR count). The van der Waals surface area contributed by atoms with Crippen molar-refractivity contribution in [2.45, 2.75) is 32.0 Å². The van der Waals surface area contributed by atoms with Crippen molar-refractivity contribution in [1.29, 1.82) is 0 Å². The number of aliphatic hydroxyl groups excluding tert-OH is 1. The van der Waals surface area contributed by atoms with Gasteiger partial charge in [0.2, 0.25) is 0 Å². The van der Waals surface area contributed by atoms with Gasteiger partial charge >= 0.3 is 0 Å². The van der Waals surface area contributed by atoms with Gasteiger partial charge in [0, 0.05) is 12.6 Å². The van der Waals surface area contributed by atoms with Gasteiger partial charge in [0.05, 0.1) is 6.54 Å². The summed E-state index contributed by atoms with van der Waals surface area (Å²) >= 11 is 0. The van der Waals surface area contributed by atoms with Gasteiger partial charge in [-0.2, -0.15) is 0 Å². The number of likely N-dealkylation sites (tertiary alicyclic amines) is 1. The maximum atomic E-state index is 8.86. The predicted molar refractivity (Wildman–Crippen MR) is 62.0 cm³/mol. The van der Waals surface area contributed by atoms with Crippen LogP contribution in [0.2, 0.25) is 0 Å². The van der Waals surface area contributed by atoms with Crippen LogP contribution in [0.4, 0.5) is 0 Å². The summed E-state index contributed by atoms with van der Waals surface area (Å²) in [6.45, 7) is 2.93. The molecule has 1 aromatic heterocycles. The second-order valence-electron chi connectivity index (χ2n) is 4.43. The molecule has 2 N–H and O–H groups in total.